The van der Waals surface area contributed by atoms with Crippen LogP contribution in [0.1, 0.15) is 41.6 Å². The summed E-state index contributed by atoms with van der Waals surface area (Å²) in [5.41, 5.74) is 2.07. The van der Waals surface area contributed by atoms with Crippen molar-refractivity contribution in [3.05, 3.63) is 29.3 Å². The number of carbonyl (C=O) groups excluding carboxylic acids is 3. The van der Waals surface area contributed by atoms with Gasteiger partial charge in [0.05, 0.1) is 11.3 Å². The van der Waals surface area contributed by atoms with Crippen LogP contribution < -0.4 is 5.32 Å². The quantitative estimate of drug-likeness (QED) is 0.868. The zero-order valence-corrected chi connectivity index (χ0v) is 17.0. The maximum Gasteiger partial charge on any atom is 0.319 e. The van der Waals surface area contributed by atoms with E-state index in [9.17, 15) is 14.4 Å². The lowest BCUT2D eigenvalue weighted by Gasteiger charge is -2.33. The highest BCUT2D eigenvalue weighted by Gasteiger charge is 2.29. The molecule has 1 aromatic rings. The standard InChI is InChI=1S/C21H30N4O3/c1-15-7-6-8-17(20(27)24-11-4-5-12-24)18(15)22-19(26)16-9-13-25(14-10-16)21(28)23(2)3/h6-8,16H,4-5,9-14H2,1-3H3,(H,22,26). The van der Waals surface area contributed by atoms with Crippen LogP contribution in [0.4, 0.5) is 10.5 Å². The number of nitrogens with zero attached hydrogens (tertiary/aromatic N) is 3. The number of amides is 4. The molecule has 3 rings (SSSR count). The first-order valence-corrected chi connectivity index (χ1v) is 10.0. The van der Waals surface area contributed by atoms with Gasteiger partial charge in [-0.2, -0.15) is 0 Å². The fraction of sp³-hybridized carbons (Fsp3) is 0.571. The van der Waals surface area contributed by atoms with Crippen molar-refractivity contribution in [3.63, 3.8) is 0 Å². The molecular formula is C21H30N4O3. The van der Waals surface area contributed by atoms with Gasteiger partial charge < -0.3 is 20.0 Å². The Balaban J connectivity index is 1.68. The second kappa shape index (κ2) is 8.63. The van der Waals surface area contributed by atoms with Gasteiger partial charge in [0, 0.05) is 46.2 Å². The third-order valence-electron chi connectivity index (χ3n) is 5.66. The van der Waals surface area contributed by atoms with E-state index in [1.165, 1.54) is 0 Å². The Morgan fingerprint density at radius 3 is 2.25 bits per heavy atom. The van der Waals surface area contributed by atoms with Crippen LogP contribution in [0, 0.1) is 12.8 Å². The highest BCUT2D eigenvalue weighted by Crippen LogP contribution is 2.26. The van der Waals surface area contributed by atoms with Crippen LogP contribution in [0.2, 0.25) is 0 Å². The fourth-order valence-corrected chi connectivity index (χ4v) is 3.94. The molecule has 0 saturated carbocycles. The van der Waals surface area contributed by atoms with Crippen molar-refractivity contribution in [2.75, 3.05) is 45.6 Å². The van der Waals surface area contributed by atoms with Gasteiger partial charge in [-0.05, 0) is 44.2 Å². The van der Waals surface area contributed by atoms with Crippen molar-refractivity contribution < 1.29 is 14.4 Å². The summed E-state index contributed by atoms with van der Waals surface area (Å²) in [7, 11) is 3.47. The van der Waals surface area contributed by atoms with Gasteiger partial charge in [0.25, 0.3) is 5.91 Å². The molecule has 2 fully saturated rings. The van der Waals surface area contributed by atoms with E-state index in [-0.39, 0.29) is 23.8 Å². The average Bonchev–Trinajstić information content (AvgIpc) is 3.23. The molecule has 0 atom stereocenters. The minimum atomic E-state index is -0.152. The van der Waals surface area contributed by atoms with Crippen LogP contribution in [0.3, 0.4) is 0 Å². The van der Waals surface area contributed by atoms with E-state index in [0.717, 1.165) is 31.5 Å². The second-order valence-corrected chi connectivity index (χ2v) is 7.92. The topological polar surface area (TPSA) is 73.0 Å². The van der Waals surface area contributed by atoms with Crippen LogP contribution in [-0.4, -0.2) is 72.8 Å². The Bertz CT molecular complexity index is 748. The van der Waals surface area contributed by atoms with Gasteiger partial charge in [-0.3, -0.25) is 9.59 Å². The van der Waals surface area contributed by atoms with Crippen molar-refractivity contribution in [1.82, 2.24) is 14.7 Å². The number of hydrogen-bond acceptors (Lipinski definition) is 3. The van der Waals surface area contributed by atoms with Crippen molar-refractivity contribution in [1.29, 1.82) is 0 Å². The Hall–Kier alpha value is -2.57. The number of anilines is 1. The summed E-state index contributed by atoms with van der Waals surface area (Å²) in [6, 6.07) is 5.55. The Morgan fingerprint density at radius 1 is 1.00 bits per heavy atom. The van der Waals surface area contributed by atoms with E-state index < -0.39 is 0 Å². The number of rotatable bonds is 3. The first-order chi connectivity index (χ1) is 13.4. The number of nitrogens with one attached hydrogen (secondary N) is 1. The number of urea groups is 1. The largest absolute Gasteiger partial charge is 0.339 e. The second-order valence-electron chi connectivity index (χ2n) is 7.92. The Kier molecular flexibility index (Phi) is 6.21. The van der Waals surface area contributed by atoms with Crippen molar-refractivity contribution in [3.8, 4) is 0 Å². The molecule has 0 aliphatic carbocycles. The van der Waals surface area contributed by atoms with Gasteiger partial charge >= 0.3 is 6.03 Å². The molecule has 2 heterocycles. The molecule has 0 bridgehead atoms. The lowest BCUT2D eigenvalue weighted by atomic mass is 9.95. The Morgan fingerprint density at radius 2 is 1.64 bits per heavy atom. The number of carbonyl (C=O) groups is 3. The molecule has 4 amide bonds. The molecule has 7 nitrogen and oxygen atoms in total. The van der Waals surface area contributed by atoms with Gasteiger partial charge in [0.2, 0.25) is 5.91 Å². The number of para-hydroxylation sites is 1. The molecule has 0 aromatic heterocycles. The van der Waals surface area contributed by atoms with Crippen LogP contribution in [-0.2, 0) is 4.79 Å². The van der Waals surface area contributed by atoms with E-state index in [0.29, 0.717) is 37.2 Å². The normalized spacial score (nSPS) is 17.5. The number of likely N-dealkylation sites (tertiary alicyclic amines) is 2. The summed E-state index contributed by atoms with van der Waals surface area (Å²) < 4.78 is 0. The van der Waals surface area contributed by atoms with Gasteiger partial charge in [-0.15, -0.1) is 0 Å². The van der Waals surface area contributed by atoms with E-state index in [4.69, 9.17) is 0 Å². The van der Waals surface area contributed by atoms with E-state index >= 15 is 0 Å². The molecule has 0 radical (unpaired) electrons. The third kappa shape index (κ3) is 4.29. The summed E-state index contributed by atoms with van der Waals surface area (Å²) in [4.78, 5) is 43.0. The fourth-order valence-electron chi connectivity index (χ4n) is 3.94. The zero-order valence-electron chi connectivity index (χ0n) is 17.0. The molecule has 28 heavy (non-hydrogen) atoms. The monoisotopic (exact) mass is 386 g/mol. The first-order valence-electron chi connectivity index (χ1n) is 10.0. The maximum atomic E-state index is 12.9. The molecule has 0 unspecified atom stereocenters. The molecule has 152 valence electrons. The van der Waals surface area contributed by atoms with E-state index in [1.807, 2.05) is 24.0 Å². The molecule has 0 spiro atoms. The summed E-state index contributed by atoms with van der Waals surface area (Å²) in [5, 5.41) is 3.02. The van der Waals surface area contributed by atoms with E-state index in [1.54, 1.807) is 30.0 Å². The highest BCUT2D eigenvalue weighted by molar-refractivity contribution is 6.05. The highest BCUT2D eigenvalue weighted by atomic mass is 16.2. The average molecular weight is 386 g/mol. The molecule has 2 saturated heterocycles. The van der Waals surface area contributed by atoms with Crippen LogP contribution in [0.5, 0.6) is 0 Å². The summed E-state index contributed by atoms with van der Waals surface area (Å²) in [6.07, 6.45) is 3.33. The van der Waals surface area contributed by atoms with Gasteiger partial charge in [0.15, 0.2) is 0 Å². The van der Waals surface area contributed by atoms with Crippen molar-refractivity contribution in [2.45, 2.75) is 32.6 Å². The molecule has 7 heteroatoms. The first kappa shape index (κ1) is 20.2. The predicted octanol–water partition coefficient (Wildman–Crippen LogP) is 2.56. The molecule has 2 aliphatic rings. The van der Waals surface area contributed by atoms with Gasteiger partial charge in [0.1, 0.15) is 0 Å². The van der Waals surface area contributed by atoms with Gasteiger partial charge in [-0.1, -0.05) is 12.1 Å². The summed E-state index contributed by atoms with van der Waals surface area (Å²) >= 11 is 0. The minimum absolute atomic E-state index is 0.0112. The van der Waals surface area contributed by atoms with Crippen molar-refractivity contribution >= 4 is 23.5 Å². The summed E-state index contributed by atoms with van der Waals surface area (Å²) in [6.45, 7) is 4.61. The third-order valence-corrected chi connectivity index (χ3v) is 5.66. The molecule has 2 aliphatic heterocycles. The SMILES string of the molecule is Cc1cccc(C(=O)N2CCCC2)c1NC(=O)C1CCN(C(=O)N(C)C)CC1. The van der Waals surface area contributed by atoms with E-state index in [2.05, 4.69) is 5.32 Å². The minimum Gasteiger partial charge on any atom is -0.339 e. The van der Waals surface area contributed by atoms with Gasteiger partial charge in [-0.25, -0.2) is 4.79 Å². The van der Waals surface area contributed by atoms with Crippen LogP contribution in [0.15, 0.2) is 18.2 Å². The number of hydrogen-bond donors (Lipinski definition) is 1. The lowest BCUT2D eigenvalue weighted by molar-refractivity contribution is -0.121. The smallest absolute Gasteiger partial charge is 0.319 e. The van der Waals surface area contributed by atoms with Crippen LogP contribution in [0.25, 0.3) is 0 Å². The zero-order chi connectivity index (χ0) is 20.3. The van der Waals surface area contributed by atoms with Crippen molar-refractivity contribution in [2.24, 2.45) is 5.92 Å². The van der Waals surface area contributed by atoms with Crippen LogP contribution >= 0.6 is 0 Å². The number of aryl methyl sites for hydroxylation is 1. The molecule has 1 aromatic carbocycles. The predicted molar refractivity (Wildman–Crippen MR) is 108 cm³/mol. The Labute approximate surface area is 166 Å². The molecular weight excluding hydrogens is 356 g/mol. The number of piperidine rings is 1. The summed E-state index contributed by atoms with van der Waals surface area (Å²) in [5.74, 6) is -0.231. The number of benzene rings is 1. The lowest BCUT2D eigenvalue weighted by Crippen LogP contribution is -2.45. The molecule has 1 N–H and O–H groups in total. The maximum absolute atomic E-state index is 12.9.